The summed E-state index contributed by atoms with van der Waals surface area (Å²) < 4.78 is 1.76. The van der Waals surface area contributed by atoms with Crippen LogP contribution in [0, 0.1) is 20.2 Å². The number of imide groups is 1. The van der Waals surface area contributed by atoms with E-state index in [2.05, 4.69) is 10.3 Å². The molecular weight excluding hydrogens is 458 g/mol. The molecule has 0 spiro atoms. The number of aliphatic hydroxyl groups excluding tert-OH is 1. The number of carbonyl (C=O) groups is 2. The smallest absolute Gasteiger partial charge is 0.270 e. The molecule has 0 aliphatic carbocycles. The molecule has 1 aliphatic rings. The van der Waals surface area contributed by atoms with Crippen LogP contribution in [-0.2, 0) is 16.1 Å². The number of nitro benzene ring substituents is 2. The molecule has 12 nitrogen and oxygen atoms in total. The van der Waals surface area contributed by atoms with Gasteiger partial charge in [-0.2, -0.15) is 0 Å². The maximum absolute atomic E-state index is 13.0. The second-order valence-corrected chi connectivity index (χ2v) is 7.99. The Morgan fingerprint density at radius 2 is 1.51 bits per heavy atom. The quantitative estimate of drug-likeness (QED) is 0.209. The second kappa shape index (κ2) is 8.18. The molecule has 2 aromatic heterocycles. The Labute approximate surface area is 195 Å². The molecule has 0 fully saturated rings. The minimum Gasteiger partial charge on any atom is -0.396 e. The first-order chi connectivity index (χ1) is 16.8. The van der Waals surface area contributed by atoms with E-state index < -0.39 is 21.7 Å². The highest BCUT2D eigenvalue weighted by Gasteiger charge is 2.35. The molecule has 35 heavy (non-hydrogen) atoms. The number of rotatable bonds is 7. The number of aromatic nitrogens is 2. The third-order valence-corrected chi connectivity index (χ3v) is 5.98. The van der Waals surface area contributed by atoms with Crippen molar-refractivity contribution in [2.45, 2.75) is 13.0 Å². The summed E-state index contributed by atoms with van der Waals surface area (Å²) >= 11 is 0. The van der Waals surface area contributed by atoms with Gasteiger partial charge in [-0.1, -0.05) is 0 Å². The highest BCUT2D eigenvalue weighted by molar-refractivity contribution is 6.50. The fraction of sp³-hybridized carbons (Fsp3) is 0.130. The second-order valence-electron chi connectivity index (χ2n) is 7.99. The van der Waals surface area contributed by atoms with E-state index >= 15 is 0 Å². The van der Waals surface area contributed by atoms with Gasteiger partial charge in [-0.3, -0.25) is 35.1 Å². The number of nitrogens with one attached hydrogen (secondary N) is 2. The lowest BCUT2D eigenvalue weighted by Crippen LogP contribution is -2.22. The molecule has 176 valence electrons. The third-order valence-electron chi connectivity index (χ3n) is 5.98. The summed E-state index contributed by atoms with van der Waals surface area (Å²) in [6.07, 6.45) is 3.52. The Hall–Kier alpha value is -4.84. The number of hydrogen-bond acceptors (Lipinski definition) is 7. The SMILES string of the molecule is O=C1NC(=O)C(c2cn(CCCO)c3ccc([N+](=O)[O-])cc23)=C1c1c[nH]c2ccc([N+](=O)[O-])cc12. The van der Waals surface area contributed by atoms with Crippen LogP contribution in [-0.4, -0.2) is 42.9 Å². The highest BCUT2D eigenvalue weighted by atomic mass is 16.6. The van der Waals surface area contributed by atoms with Gasteiger partial charge < -0.3 is 14.7 Å². The number of benzene rings is 2. The maximum Gasteiger partial charge on any atom is 0.270 e. The van der Waals surface area contributed by atoms with Gasteiger partial charge in [-0.05, 0) is 18.6 Å². The van der Waals surface area contributed by atoms with Crippen molar-refractivity contribution in [3.63, 3.8) is 0 Å². The van der Waals surface area contributed by atoms with Crippen molar-refractivity contribution in [1.29, 1.82) is 0 Å². The van der Waals surface area contributed by atoms with Crippen LogP contribution in [0.4, 0.5) is 11.4 Å². The van der Waals surface area contributed by atoms with Crippen LogP contribution in [0.2, 0.25) is 0 Å². The molecular formula is C23H17N5O7. The molecule has 12 heteroatoms. The summed E-state index contributed by atoms with van der Waals surface area (Å²) in [5.41, 5.74) is 1.38. The summed E-state index contributed by atoms with van der Waals surface area (Å²) in [4.78, 5) is 50.5. The molecule has 1 aliphatic heterocycles. The van der Waals surface area contributed by atoms with Crippen LogP contribution in [0.3, 0.4) is 0 Å². The normalized spacial score (nSPS) is 13.7. The average Bonchev–Trinajstić information content (AvgIpc) is 3.49. The molecule has 2 aromatic carbocycles. The van der Waals surface area contributed by atoms with Gasteiger partial charge in [-0.15, -0.1) is 0 Å². The summed E-state index contributed by atoms with van der Waals surface area (Å²) in [7, 11) is 0. The van der Waals surface area contributed by atoms with Crippen molar-refractivity contribution >= 4 is 56.1 Å². The minimum absolute atomic E-state index is 0.00876. The van der Waals surface area contributed by atoms with Crippen LogP contribution < -0.4 is 5.32 Å². The zero-order valence-corrected chi connectivity index (χ0v) is 18.0. The number of carbonyl (C=O) groups excluding carboxylic acids is 2. The van der Waals surface area contributed by atoms with Gasteiger partial charge in [0.15, 0.2) is 0 Å². The van der Waals surface area contributed by atoms with Gasteiger partial charge in [-0.25, -0.2) is 0 Å². The number of hydrogen-bond donors (Lipinski definition) is 3. The first kappa shape index (κ1) is 22.0. The largest absolute Gasteiger partial charge is 0.396 e. The van der Waals surface area contributed by atoms with Gasteiger partial charge in [0.2, 0.25) is 0 Å². The van der Waals surface area contributed by atoms with Gasteiger partial charge in [0.05, 0.1) is 21.0 Å². The molecule has 5 rings (SSSR count). The number of fused-ring (bicyclic) bond motifs is 2. The summed E-state index contributed by atoms with van der Waals surface area (Å²) in [5, 5.41) is 35.0. The van der Waals surface area contributed by atoms with E-state index in [0.717, 1.165) is 0 Å². The average molecular weight is 475 g/mol. The first-order valence-electron chi connectivity index (χ1n) is 10.5. The first-order valence-corrected chi connectivity index (χ1v) is 10.5. The van der Waals surface area contributed by atoms with E-state index in [1.54, 1.807) is 16.8 Å². The lowest BCUT2D eigenvalue weighted by atomic mass is 9.95. The Balaban J connectivity index is 1.81. The van der Waals surface area contributed by atoms with Crippen LogP contribution in [0.15, 0.2) is 48.8 Å². The van der Waals surface area contributed by atoms with Crippen LogP contribution in [0.25, 0.3) is 33.0 Å². The van der Waals surface area contributed by atoms with Gasteiger partial charge in [0.1, 0.15) is 0 Å². The molecule has 0 radical (unpaired) electrons. The van der Waals surface area contributed by atoms with Crippen molar-refractivity contribution < 1.29 is 24.5 Å². The number of nitrogens with zero attached hydrogens (tertiary/aromatic N) is 3. The molecule has 4 aromatic rings. The molecule has 0 saturated carbocycles. The lowest BCUT2D eigenvalue weighted by Gasteiger charge is -2.03. The van der Waals surface area contributed by atoms with Crippen LogP contribution in [0.5, 0.6) is 0 Å². The molecule has 2 amide bonds. The fourth-order valence-electron chi connectivity index (χ4n) is 4.42. The summed E-state index contributed by atoms with van der Waals surface area (Å²) in [6, 6.07) is 8.38. The number of aryl methyl sites for hydroxylation is 1. The standard InChI is InChI=1S/C23H17N5O7/c29-7-1-6-26-11-17(15-9-13(28(34)35)3-5-19(15)26)21-20(22(30)25-23(21)31)16-10-24-18-4-2-12(27(32)33)8-14(16)18/h2-5,8-11,24,29H,1,6-7H2,(H,25,30,31). The minimum atomic E-state index is -0.683. The predicted molar refractivity (Wildman–Crippen MR) is 125 cm³/mol. The van der Waals surface area contributed by atoms with Crippen molar-refractivity contribution in [2.24, 2.45) is 0 Å². The van der Waals surface area contributed by atoms with E-state index in [1.165, 1.54) is 36.5 Å². The molecule has 0 bridgehead atoms. The molecule has 0 unspecified atom stereocenters. The monoisotopic (exact) mass is 475 g/mol. The van der Waals surface area contributed by atoms with E-state index in [4.69, 9.17) is 0 Å². The lowest BCUT2D eigenvalue weighted by molar-refractivity contribution is -0.384. The van der Waals surface area contributed by atoms with Crippen molar-refractivity contribution in [2.75, 3.05) is 6.61 Å². The van der Waals surface area contributed by atoms with Crippen molar-refractivity contribution in [1.82, 2.24) is 14.9 Å². The third kappa shape index (κ3) is 3.52. The number of H-pyrrole nitrogens is 1. The molecule has 3 N–H and O–H groups in total. The number of nitro groups is 2. The number of amides is 2. The van der Waals surface area contributed by atoms with Crippen LogP contribution >= 0.6 is 0 Å². The number of aliphatic hydroxyl groups is 1. The van der Waals surface area contributed by atoms with Crippen molar-refractivity contribution in [3.05, 3.63) is 80.1 Å². The topological polar surface area (TPSA) is 173 Å². The molecule has 0 atom stereocenters. The van der Waals surface area contributed by atoms with E-state index in [9.17, 15) is 34.9 Å². The van der Waals surface area contributed by atoms with E-state index in [1.807, 2.05) is 0 Å². The maximum atomic E-state index is 13.0. The zero-order valence-electron chi connectivity index (χ0n) is 18.0. The zero-order chi connectivity index (χ0) is 24.9. The Morgan fingerprint density at radius 1 is 0.886 bits per heavy atom. The van der Waals surface area contributed by atoms with E-state index in [0.29, 0.717) is 45.9 Å². The van der Waals surface area contributed by atoms with E-state index in [-0.39, 0.29) is 29.1 Å². The Morgan fingerprint density at radius 3 is 2.17 bits per heavy atom. The van der Waals surface area contributed by atoms with Gasteiger partial charge in [0.25, 0.3) is 23.2 Å². The fourth-order valence-corrected chi connectivity index (χ4v) is 4.42. The summed E-state index contributed by atoms with van der Waals surface area (Å²) in [5.74, 6) is -1.36. The number of aromatic amines is 1. The Kier molecular flexibility index (Phi) is 5.14. The summed E-state index contributed by atoms with van der Waals surface area (Å²) in [6.45, 7) is 0.297. The van der Waals surface area contributed by atoms with Crippen molar-refractivity contribution in [3.8, 4) is 0 Å². The Bertz CT molecular complexity index is 1610. The van der Waals surface area contributed by atoms with Gasteiger partial charge >= 0.3 is 0 Å². The highest BCUT2D eigenvalue weighted by Crippen LogP contribution is 2.39. The number of non-ortho nitro benzene ring substituents is 2. The predicted octanol–water partition coefficient (Wildman–Crippen LogP) is 2.89. The van der Waals surface area contributed by atoms with Crippen LogP contribution in [0.1, 0.15) is 17.5 Å². The van der Waals surface area contributed by atoms with Gasteiger partial charge in [0, 0.05) is 82.7 Å². The molecule has 3 heterocycles. The molecule has 0 saturated heterocycles.